The molecule has 1 aromatic carbocycles. The molecule has 0 aliphatic carbocycles. The molecule has 5 nitrogen and oxygen atoms in total. The molecule has 2 aromatic rings. The van der Waals surface area contributed by atoms with Crippen LogP contribution in [0, 0.1) is 0 Å². The summed E-state index contributed by atoms with van der Waals surface area (Å²) in [4.78, 5) is 0. The second-order valence-corrected chi connectivity index (χ2v) is 5.32. The molecular formula is C13H17BrN4O. The summed E-state index contributed by atoms with van der Waals surface area (Å²) < 4.78 is 2.83. The number of hydrogen-bond acceptors (Lipinski definition) is 4. The summed E-state index contributed by atoms with van der Waals surface area (Å²) in [5.41, 5.74) is 0.888. The van der Waals surface area contributed by atoms with Crippen molar-refractivity contribution in [3.05, 3.63) is 40.4 Å². The van der Waals surface area contributed by atoms with Gasteiger partial charge in [0.15, 0.2) is 0 Å². The van der Waals surface area contributed by atoms with Crippen LogP contribution in [-0.4, -0.2) is 19.9 Å². The van der Waals surface area contributed by atoms with Crippen molar-refractivity contribution >= 4 is 15.9 Å². The Morgan fingerprint density at radius 3 is 2.89 bits per heavy atom. The van der Waals surface area contributed by atoms with Crippen LogP contribution in [-0.2, 0) is 13.6 Å². The molecule has 0 spiro atoms. The molecule has 6 heteroatoms. The first-order chi connectivity index (χ1) is 9.11. The predicted octanol–water partition coefficient (Wildman–Crippen LogP) is 2.52. The maximum absolute atomic E-state index is 9.95. The van der Waals surface area contributed by atoms with Gasteiger partial charge in [0.05, 0.1) is 6.54 Å². The first-order valence-corrected chi connectivity index (χ1v) is 6.95. The maximum Gasteiger partial charge on any atom is 0.146 e. The number of aromatic hydroxyl groups is 1. The van der Waals surface area contributed by atoms with Gasteiger partial charge in [0.25, 0.3) is 0 Å². The van der Waals surface area contributed by atoms with Gasteiger partial charge < -0.3 is 15.0 Å². The fourth-order valence-electron chi connectivity index (χ4n) is 1.96. The van der Waals surface area contributed by atoms with Crippen molar-refractivity contribution in [2.75, 3.05) is 0 Å². The van der Waals surface area contributed by atoms with E-state index in [0.29, 0.717) is 12.3 Å². The van der Waals surface area contributed by atoms with Gasteiger partial charge in [-0.2, -0.15) is 0 Å². The van der Waals surface area contributed by atoms with Crippen LogP contribution in [0.2, 0.25) is 0 Å². The summed E-state index contributed by atoms with van der Waals surface area (Å²) in [5.74, 6) is 1.17. The van der Waals surface area contributed by atoms with Crippen LogP contribution in [0.3, 0.4) is 0 Å². The molecule has 0 aliphatic heterocycles. The van der Waals surface area contributed by atoms with Crippen molar-refractivity contribution in [1.82, 2.24) is 20.1 Å². The molecule has 1 aromatic heterocycles. The lowest BCUT2D eigenvalue weighted by Crippen LogP contribution is -2.22. The van der Waals surface area contributed by atoms with Crippen molar-refractivity contribution < 1.29 is 5.11 Å². The molecule has 2 N–H and O–H groups in total. The quantitative estimate of drug-likeness (QED) is 0.887. The van der Waals surface area contributed by atoms with Gasteiger partial charge in [0.1, 0.15) is 17.9 Å². The highest BCUT2D eigenvalue weighted by Gasteiger charge is 2.14. The molecule has 102 valence electrons. The lowest BCUT2D eigenvalue weighted by molar-refractivity contribution is 0.437. The number of aryl methyl sites for hydroxylation is 1. The Morgan fingerprint density at radius 2 is 2.26 bits per heavy atom. The van der Waals surface area contributed by atoms with Gasteiger partial charge >= 0.3 is 0 Å². The molecule has 2 rings (SSSR count). The molecule has 0 aliphatic rings. The first kappa shape index (κ1) is 14.0. The van der Waals surface area contributed by atoms with Gasteiger partial charge in [0.2, 0.25) is 0 Å². The number of benzene rings is 1. The van der Waals surface area contributed by atoms with Crippen LogP contribution in [0.4, 0.5) is 0 Å². The van der Waals surface area contributed by atoms with Crippen LogP contribution in [0.1, 0.15) is 30.8 Å². The van der Waals surface area contributed by atoms with E-state index in [4.69, 9.17) is 0 Å². The monoisotopic (exact) mass is 324 g/mol. The minimum Gasteiger partial charge on any atom is -0.508 e. The summed E-state index contributed by atoms with van der Waals surface area (Å²) in [7, 11) is 1.91. The highest BCUT2D eigenvalue weighted by atomic mass is 79.9. The van der Waals surface area contributed by atoms with Crippen LogP contribution in [0.25, 0.3) is 0 Å². The van der Waals surface area contributed by atoms with Crippen LogP contribution >= 0.6 is 15.9 Å². The lowest BCUT2D eigenvalue weighted by Gasteiger charge is -2.18. The Hall–Kier alpha value is -1.40. The van der Waals surface area contributed by atoms with E-state index in [9.17, 15) is 5.11 Å². The molecule has 0 saturated heterocycles. The Morgan fingerprint density at radius 1 is 1.47 bits per heavy atom. The summed E-state index contributed by atoms with van der Waals surface area (Å²) in [5, 5.41) is 21.2. The van der Waals surface area contributed by atoms with Gasteiger partial charge in [-0.1, -0.05) is 22.9 Å². The zero-order valence-corrected chi connectivity index (χ0v) is 12.6. The Labute approximate surface area is 120 Å². The largest absolute Gasteiger partial charge is 0.508 e. The Kier molecular flexibility index (Phi) is 4.55. The number of halogens is 1. The molecule has 19 heavy (non-hydrogen) atoms. The van der Waals surface area contributed by atoms with Crippen molar-refractivity contribution in [3.8, 4) is 5.75 Å². The Bertz CT molecular complexity index is 555. The van der Waals surface area contributed by atoms with E-state index in [0.717, 1.165) is 22.3 Å². The van der Waals surface area contributed by atoms with Gasteiger partial charge in [-0.15, -0.1) is 10.2 Å². The number of phenolic OH excluding ortho intramolecular Hbond substituents is 1. The van der Waals surface area contributed by atoms with E-state index in [1.54, 1.807) is 12.4 Å². The molecule has 1 heterocycles. The Balaban J connectivity index is 2.12. The number of hydrogen-bond donors (Lipinski definition) is 2. The molecular weight excluding hydrogens is 308 g/mol. The molecule has 0 fully saturated rings. The third-order valence-corrected chi connectivity index (χ3v) is 3.58. The molecule has 0 bridgehead atoms. The minimum atomic E-state index is 0.0780. The fourth-order valence-corrected chi connectivity index (χ4v) is 2.34. The van der Waals surface area contributed by atoms with Gasteiger partial charge in [-0.25, -0.2) is 0 Å². The number of nitrogens with one attached hydrogen (secondary N) is 1. The van der Waals surface area contributed by atoms with Crippen LogP contribution in [0.5, 0.6) is 5.75 Å². The average molecular weight is 325 g/mol. The zero-order valence-electron chi connectivity index (χ0n) is 11.0. The molecule has 1 atom stereocenters. The number of aromatic nitrogens is 3. The molecule has 0 amide bonds. The smallest absolute Gasteiger partial charge is 0.146 e. The lowest BCUT2D eigenvalue weighted by atomic mass is 10.0. The van der Waals surface area contributed by atoms with Crippen molar-refractivity contribution in [1.29, 1.82) is 0 Å². The normalized spacial score (nSPS) is 12.6. The SMILES string of the molecule is CCC(NCc1nncn1C)c1cc(Br)ccc1O. The summed E-state index contributed by atoms with van der Waals surface area (Å²) in [6.45, 7) is 2.69. The first-order valence-electron chi connectivity index (χ1n) is 6.16. The maximum atomic E-state index is 9.95. The predicted molar refractivity (Wildman–Crippen MR) is 76.7 cm³/mol. The van der Waals surface area contributed by atoms with Crippen molar-refractivity contribution in [3.63, 3.8) is 0 Å². The molecule has 0 saturated carbocycles. The average Bonchev–Trinajstić information content (AvgIpc) is 2.80. The summed E-state index contributed by atoms with van der Waals surface area (Å²) in [6, 6.07) is 5.54. The number of phenols is 1. The third-order valence-electron chi connectivity index (χ3n) is 3.08. The van der Waals surface area contributed by atoms with Gasteiger partial charge in [0, 0.05) is 23.1 Å². The topological polar surface area (TPSA) is 63.0 Å². The van der Waals surface area contributed by atoms with Crippen LogP contribution in [0.15, 0.2) is 29.0 Å². The van der Waals surface area contributed by atoms with Gasteiger partial charge in [-0.05, 0) is 24.6 Å². The number of nitrogens with zero attached hydrogens (tertiary/aromatic N) is 3. The van der Waals surface area contributed by atoms with Crippen molar-refractivity contribution in [2.45, 2.75) is 25.9 Å². The number of rotatable bonds is 5. The van der Waals surface area contributed by atoms with E-state index in [1.807, 2.05) is 23.7 Å². The highest BCUT2D eigenvalue weighted by molar-refractivity contribution is 9.10. The minimum absolute atomic E-state index is 0.0780. The molecule has 0 radical (unpaired) electrons. The van der Waals surface area contributed by atoms with E-state index in [-0.39, 0.29) is 6.04 Å². The van der Waals surface area contributed by atoms with E-state index >= 15 is 0 Å². The third kappa shape index (κ3) is 3.33. The fraction of sp³-hybridized carbons (Fsp3) is 0.385. The second-order valence-electron chi connectivity index (χ2n) is 4.40. The summed E-state index contributed by atoms with van der Waals surface area (Å²) in [6.07, 6.45) is 2.55. The summed E-state index contributed by atoms with van der Waals surface area (Å²) >= 11 is 3.43. The second kappa shape index (κ2) is 6.16. The van der Waals surface area contributed by atoms with Crippen LogP contribution < -0.4 is 5.32 Å². The molecule has 1 unspecified atom stereocenters. The van der Waals surface area contributed by atoms with E-state index < -0.39 is 0 Å². The standard InChI is InChI=1S/C13H17BrN4O/c1-3-11(10-6-9(14)4-5-12(10)19)15-7-13-17-16-8-18(13)2/h4-6,8,11,15,19H,3,7H2,1-2H3. The van der Waals surface area contributed by atoms with E-state index in [1.165, 1.54) is 0 Å². The van der Waals surface area contributed by atoms with E-state index in [2.05, 4.69) is 38.4 Å². The highest BCUT2D eigenvalue weighted by Crippen LogP contribution is 2.29. The zero-order chi connectivity index (χ0) is 13.8. The van der Waals surface area contributed by atoms with Crippen molar-refractivity contribution in [2.24, 2.45) is 7.05 Å². The van der Waals surface area contributed by atoms with Gasteiger partial charge in [-0.3, -0.25) is 0 Å².